The Morgan fingerprint density at radius 2 is 1.73 bits per heavy atom. The number of hydrogen-bond acceptors (Lipinski definition) is 4. The molecule has 2 saturated heterocycles. The molecule has 1 aromatic heterocycles. The lowest BCUT2D eigenvalue weighted by Gasteiger charge is -2.36. The Labute approximate surface area is 178 Å². The molecule has 0 saturated carbocycles. The molecular formula is C24H31N3O3. The second-order valence-electron chi connectivity index (χ2n) is 8.23. The number of benzene rings is 1. The molecule has 30 heavy (non-hydrogen) atoms. The average Bonchev–Trinajstić information content (AvgIpc) is 3.32. The molecule has 2 amide bonds. The van der Waals surface area contributed by atoms with Gasteiger partial charge in [0.15, 0.2) is 0 Å². The highest BCUT2D eigenvalue weighted by Crippen LogP contribution is 2.28. The summed E-state index contributed by atoms with van der Waals surface area (Å²) in [6, 6.07) is 12.9. The molecule has 160 valence electrons. The van der Waals surface area contributed by atoms with Crippen LogP contribution in [0, 0.1) is 0 Å². The third-order valence-electron chi connectivity index (χ3n) is 6.21. The van der Waals surface area contributed by atoms with E-state index in [0.29, 0.717) is 19.5 Å². The second kappa shape index (κ2) is 9.94. The van der Waals surface area contributed by atoms with Gasteiger partial charge in [-0.25, -0.2) is 0 Å². The van der Waals surface area contributed by atoms with Crippen LogP contribution >= 0.6 is 0 Å². The highest BCUT2D eigenvalue weighted by atomic mass is 16.3. The number of furan rings is 1. The molecule has 0 spiro atoms. The number of nitrogens with one attached hydrogen (secondary N) is 1. The van der Waals surface area contributed by atoms with Gasteiger partial charge in [0.05, 0.1) is 12.3 Å². The van der Waals surface area contributed by atoms with Gasteiger partial charge < -0.3 is 14.6 Å². The van der Waals surface area contributed by atoms with Gasteiger partial charge in [0.1, 0.15) is 11.8 Å². The first-order chi connectivity index (χ1) is 14.7. The summed E-state index contributed by atoms with van der Waals surface area (Å²) in [7, 11) is 0. The minimum absolute atomic E-state index is 0.0118. The molecule has 4 rings (SSSR count). The SMILES string of the molecule is O=C(NCC(c1ccco1)N1CCCCC1)C(c1ccccc1)N1CCCCC1=O. The van der Waals surface area contributed by atoms with E-state index in [2.05, 4.69) is 10.2 Å². The third-order valence-corrected chi connectivity index (χ3v) is 6.21. The molecule has 6 heteroatoms. The van der Waals surface area contributed by atoms with Gasteiger partial charge in [-0.1, -0.05) is 36.8 Å². The van der Waals surface area contributed by atoms with Crippen molar-refractivity contribution in [2.75, 3.05) is 26.2 Å². The van der Waals surface area contributed by atoms with E-state index in [9.17, 15) is 9.59 Å². The summed E-state index contributed by atoms with van der Waals surface area (Å²) in [4.78, 5) is 30.1. The van der Waals surface area contributed by atoms with Crippen LogP contribution in [0.15, 0.2) is 53.1 Å². The van der Waals surface area contributed by atoms with Crippen LogP contribution in [0.3, 0.4) is 0 Å². The average molecular weight is 410 g/mol. The standard InChI is InChI=1S/C24H31N3O3/c28-22-13-5-8-16-27(22)23(19-10-3-1-4-11-19)24(29)25-18-20(21-12-9-17-30-21)26-14-6-2-7-15-26/h1,3-4,9-12,17,20,23H,2,5-8,13-16,18H2,(H,25,29). The Hall–Kier alpha value is -2.60. The first-order valence-corrected chi connectivity index (χ1v) is 11.1. The summed E-state index contributed by atoms with van der Waals surface area (Å²) in [5.41, 5.74) is 0.859. The monoisotopic (exact) mass is 409 g/mol. The molecule has 1 aromatic carbocycles. The molecule has 2 aliphatic heterocycles. The van der Waals surface area contributed by atoms with Gasteiger partial charge in [0, 0.05) is 19.5 Å². The van der Waals surface area contributed by atoms with Crippen molar-refractivity contribution in [1.29, 1.82) is 0 Å². The minimum Gasteiger partial charge on any atom is -0.468 e. The molecule has 6 nitrogen and oxygen atoms in total. The van der Waals surface area contributed by atoms with Crippen molar-refractivity contribution in [3.63, 3.8) is 0 Å². The summed E-state index contributed by atoms with van der Waals surface area (Å²) in [6.07, 6.45) is 7.62. The minimum atomic E-state index is -0.586. The zero-order valence-electron chi connectivity index (χ0n) is 17.5. The van der Waals surface area contributed by atoms with Gasteiger partial charge in [0.2, 0.25) is 11.8 Å². The Morgan fingerprint density at radius 3 is 2.43 bits per heavy atom. The van der Waals surface area contributed by atoms with E-state index in [4.69, 9.17) is 4.42 Å². The first-order valence-electron chi connectivity index (χ1n) is 11.1. The van der Waals surface area contributed by atoms with Crippen molar-refractivity contribution in [1.82, 2.24) is 15.1 Å². The van der Waals surface area contributed by atoms with Crippen molar-refractivity contribution < 1.29 is 14.0 Å². The van der Waals surface area contributed by atoms with E-state index in [1.165, 1.54) is 19.3 Å². The summed E-state index contributed by atoms with van der Waals surface area (Å²) in [6.45, 7) is 3.11. The molecule has 0 aliphatic carbocycles. The quantitative estimate of drug-likeness (QED) is 0.758. The third kappa shape index (κ3) is 4.75. The van der Waals surface area contributed by atoms with Gasteiger partial charge in [0.25, 0.3) is 0 Å². The lowest BCUT2D eigenvalue weighted by Crippen LogP contribution is -2.47. The normalized spacial score (nSPS) is 20.0. The van der Waals surface area contributed by atoms with Crippen LogP contribution in [0.4, 0.5) is 0 Å². The summed E-state index contributed by atoms with van der Waals surface area (Å²) >= 11 is 0. The number of nitrogens with zero attached hydrogens (tertiary/aromatic N) is 2. The molecule has 2 unspecified atom stereocenters. The lowest BCUT2D eigenvalue weighted by atomic mass is 10.00. The van der Waals surface area contributed by atoms with E-state index in [1.807, 2.05) is 42.5 Å². The van der Waals surface area contributed by atoms with Crippen LogP contribution in [-0.2, 0) is 9.59 Å². The zero-order chi connectivity index (χ0) is 20.8. The molecule has 2 atom stereocenters. The number of hydrogen-bond donors (Lipinski definition) is 1. The number of amides is 2. The summed E-state index contributed by atoms with van der Waals surface area (Å²) in [5.74, 6) is 0.816. The van der Waals surface area contributed by atoms with Crippen LogP contribution in [0.5, 0.6) is 0 Å². The maximum absolute atomic E-state index is 13.4. The maximum atomic E-state index is 13.4. The smallest absolute Gasteiger partial charge is 0.247 e. The van der Waals surface area contributed by atoms with Crippen molar-refractivity contribution in [2.24, 2.45) is 0 Å². The highest BCUT2D eigenvalue weighted by Gasteiger charge is 2.33. The topological polar surface area (TPSA) is 65.8 Å². The Balaban J connectivity index is 1.51. The Kier molecular flexibility index (Phi) is 6.84. The maximum Gasteiger partial charge on any atom is 0.247 e. The van der Waals surface area contributed by atoms with Crippen molar-refractivity contribution >= 4 is 11.8 Å². The Bertz CT molecular complexity index is 815. The molecule has 2 fully saturated rings. The highest BCUT2D eigenvalue weighted by molar-refractivity contribution is 5.89. The number of likely N-dealkylation sites (tertiary alicyclic amines) is 2. The van der Waals surface area contributed by atoms with Crippen LogP contribution < -0.4 is 5.32 Å². The van der Waals surface area contributed by atoms with Crippen LogP contribution in [-0.4, -0.2) is 47.8 Å². The van der Waals surface area contributed by atoms with Crippen LogP contribution in [0.2, 0.25) is 0 Å². The molecule has 2 aliphatic rings. The lowest BCUT2D eigenvalue weighted by molar-refractivity contribution is -0.142. The molecule has 0 bridgehead atoms. The molecule has 1 N–H and O–H groups in total. The fourth-order valence-corrected chi connectivity index (χ4v) is 4.62. The van der Waals surface area contributed by atoms with Crippen molar-refractivity contribution in [2.45, 2.75) is 50.6 Å². The van der Waals surface area contributed by atoms with Crippen molar-refractivity contribution in [3.8, 4) is 0 Å². The number of rotatable bonds is 7. The van der Waals surface area contributed by atoms with Crippen LogP contribution in [0.25, 0.3) is 0 Å². The number of carbonyl (C=O) groups excluding carboxylic acids is 2. The van der Waals surface area contributed by atoms with Gasteiger partial charge in [-0.3, -0.25) is 14.5 Å². The predicted molar refractivity (Wildman–Crippen MR) is 115 cm³/mol. The van der Waals surface area contributed by atoms with E-state index in [0.717, 1.165) is 37.3 Å². The first kappa shape index (κ1) is 20.7. The van der Waals surface area contributed by atoms with Gasteiger partial charge in [-0.2, -0.15) is 0 Å². The van der Waals surface area contributed by atoms with E-state index in [1.54, 1.807) is 11.2 Å². The van der Waals surface area contributed by atoms with E-state index in [-0.39, 0.29) is 17.9 Å². The molecule has 0 radical (unpaired) electrons. The zero-order valence-corrected chi connectivity index (χ0v) is 17.5. The van der Waals surface area contributed by atoms with Gasteiger partial charge in [-0.05, 0) is 56.5 Å². The van der Waals surface area contributed by atoms with E-state index >= 15 is 0 Å². The molecular weight excluding hydrogens is 378 g/mol. The molecule has 2 aromatic rings. The fourth-order valence-electron chi connectivity index (χ4n) is 4.62. The number of carbonyl (C=O) groups is 2. The summed E-state index contributed by atoms with van der Waals surface area (Å²) < 4.78 is 5.70. The largest absolute Gasteiger partial charge is 0.468 e. The predicted octanol–water partition coefficient (Wildman–Crippen LogP) is 3.68. The second-order valence-corrected chi connectivity index (χ2v) is 8.23. The van der Waals surface area contributed by atoms with Gasteiger partial charge >= 0.3 is 0 Å². The molecule has 3 heterocycles. The van der Waals surface area contributed by atoms with Crippen LogP contribution in [0.1, 0.15) is 61.9 Å². The van der Waals surface area contributed by atoms with E-state index < -0.39 is 6.04 Å². The van der Waals surface area contributed by atoms with Crippen molar-refractivity contribution in [3.05, 3.63) is 60.1 Å². The summed E-state index contributed by atoms with van der Waals surface area (Å²) in [5, 5.41) is 3.15. The number of piperidine rings is 2. The fraction of sp³-hybridized carbons (Fsp3) is 0.500. The van der Waals surface area contributed by atoms with Gasteiger partial charge in [-0.15, -0.1) is 0 Å². The Morgan fingerprint density at radius 1 is 0.967 bits per heavy atom.